The number of carbonyl (C=O) groups excluding carboxylic acids is 3. The summed E-state index contributed by atoms with van der Waals surface area (Å²) in [5.41, 5.74) is 8.01. The van der Waals surface area contributed by atoms with Gasteiger partial charge in [-0.1, -0.05) is 0 Å². The average molecular weight is 373 g/mol. The normalized spacial score (nSPS) is 12.9. The molecule has 0 aliphatic carbocycles. The fourth-order valence-corrected chi connectivity index (χ4v) is 2.83. The highest BCUT2D eigenvalue weighted by Gasteiger charge is 2.24. The number of primary amides is 1. The zero-order valence-corrected chi connectivity index (χ0v) is 15.6. The van der Waals surface area contributed by atoms with Crippen molar-refractivity contribution in [3.8, 4) is 0 Å². The van der Waals surface area contributed by atoms with Crippen molar-refractivity contribution in [1.29, 1.82) is 0 Å². The van der Waals surface area contributed by atoms with Crippen LogP contribution in [0.5, 0.6) is 0 Å². The lowest BCUT2D eigenvalue weighted by Gasteiger charge is -2.14. The fourth-order valence-electron chi connectivity index (χ4n) is 2.83. The second-order valence-electron chi connectivity index (χ2n) is 6.32. The van der Waals surface area contributed by atoms with Gasteiger partial charge in [0.25, 0.3) is 5.91 Å². The number of nitrogens with two attached hydrogens (primary N) is 1. The van der Waals surface area contributed by atoms with Crippen molar-refractivity contribution < 1.29 is 24.2 Å². The first-order valence-corrected chi connectivity index (χ1v) is 8.40. The molecule has 1 aromatic carbocycles. The minimum absolute atomic E-state index is 0.203. The van der Waals surface area contributed by atoms with Gasteiger partial charge in [-0.2, -0.15) is 0 Å². The van der Waals surface area contributed by atoms with Gasteiger partial charge in [0.15, 0.2) is 6.10 Å². The van der Waals surface area contributed by atoms with Crippen LogP contribution in [0.3, 0.4) is 0 Å². The fraction of sp³-hybridized carbons (Fsp3) is 0.316. The Morgan fingerprint density at radius 2 is 1.74 bits per heavy atom. The molecule has 8 nitrogen and oxygen atoms in total. The van der Waals surface area contributed by atoms with E-state index < -0.39 is 30.0 Å². The van der Waals surface area contributed by atoms with Gasteiger partial charge in [0.05, 0.1) is 6.10 Å². The van der Waals surface area contributed by atoms with E-state index in [2.05, 4.69) is 10.3 Å². The van der Waals surface area contributed by atoms with Crippen molar-refractivity contribution in [3.63, 3.8) is 0 Å². The standard InChI is InChI=1S/C19H23N3O5/c1-9-15(11(3)23)10(2)21-16(9)19(26)27-12(4)18(25)22-14-7-5-13(6-8-14)17(20)24/h5-8,11-12,21,23H,1-4H3,(H2,20,24)(H,22,25)/t11-,12+/m0/s1. The number of nitrogens with one attached hydrogen (secondary N) is 2. The molecule has 2 atom stereocenters. The number of aliphatic hydroxyl groups is 1. The Morgan fingerprint density at radius 1 is 1.15 bits per heavy atom. The highest BCUT2D eigenvalue weighted by atomic mass is 16.5. The number of aromatic nitrogens is 1. The lowest BCUT2D eigenvalue weighted by atomic mass is 10.1. The smallest absolute Gasteiger partial charge is 0.355 e. The second kappa shape index (κ2) is 8.05. The van der Waals surface area contributed by atoms with Crippen LogP contribution in [0.25, 0.3) is 0 Å². The Labute approximate surface area is 156 Å². The van der Waals surface area contributed by atoms with Crippen molar-refractivity contribution in [1.82, 2.24) is 4.98 Å². The lowest BCUT2D eigenvalue weighted by Crippen LogP contribution is -2.30. The van der Waals surface area contributed by atoms with Crippen molar-refractivity contribution in [2.24, 2.45) is 5.73 Å². The SMILES string of the molecule is Cc1[nH]c(C(=O)O[C@H](C)C(=O)Nc2ccc(C(N)=O)cc2)c(C)c1[C@H](C)O. The number of benzene rings is 1. The Kier molecular flexibility index (Phi) is 6.02. The predicted octanol–water partition coefficient (Wildman–Crippen LogP) is 1.97. The van der Waals surface area contributed by atoms with E-state index in [1.54, 1.807) is 20.8 Å². The summed E-state index contributed by atoms with van der Waals surface area (Å²) in [5.74, 6) is -1.77. The third-order valence-electron chi connectivity index (χ3n) is 4.21. The molecular formula is C19H23N3O5. The van der Waals surface area contributed by atoms with Crippen molar-refractivity contribution in [2.45, 2.75) is 39.9 Å². The summed E-state index contributed by atoms with van der Waals surface area (Å²) in [7, 11) is 0. The summed E-state index contributed by atoms with van der Waals surface area (Å²) < 4.78 is 5.22. The highest BCUT2D eigenvalue weighted by Crippen LogP contribution is 2.25. The topological polar surface area (TPSA) is 135 Å². The molecule has 0 unspecified atom stereocenters. The van der Waals surface area contributed by atoms with Crippen LogP contribution in [0.2, 0.25) is 0 Å². The third kappa shape index (κ3) is 4.53. The monoisotopic (exact) mass is 373 g/mol. The number of aliphatic hydroxyl groups excluding tert-OH is 1. The van der Waals surface area contributed by atoms with Gasteiger partial charge in [0, 0.05) is 22.5 Å². The molecule has 2 rings (SSSR count). The molecule has 5 N–H and O–H groups in total. The number of carbonyl (C=O) groups is 3. The van der Waals surface area contributed by atoms with Gasteiger partial charge in [0.1, 0.15) is 5.69 Å². The van der Waals surface area contributed by atoms with Gasteiger partial charge in [-0.15, -0.1) is 0 Å². The Balaban J connectivity index is 2.04. The minimum atomic E-state index is -1.05. The molecule has 0 radical (unpaired) electrons. The molecule has 0 fully saturated rings. The maximum Gasteiger partial charge on any atom is 0.355 e. The molecule has 2 aromatic rings. The predicted molar refractivity (Wildman–Crippen MR) is 99.4 cm³/mol. The molecular weight excluding hydrogens is 350 g/mol. The van der Waals surface area contributed by atoms with E-state index in [0.29, 0.717) is 28.1 Å². The van der Waals surface area contributed by atoms with E-state index in [1.165, 1.54) is 31.2 Å². The quantitative estimate of drug-likeness (QED) is 0.574. The number of hydrogen-bond acceptors (Lipinski definition) is 5. The molecule has 0 bridgehead atoms. The van der Waals surface area contributed by atoms with Gasteiger partial charge in [-0.25, -0.2) is 4.79 Å². The molecule has 27 heavy (non-hydrogen) atoms. The second-order valence-corrected chi connectivity index (χ2v) is 6.32. The van der Waals surface area contributed by atoms with Crippen LogP contribution in [0.15, 0.2) is 24.3 Å². The number of anilines is 1. The number of hydrogen-bond donors (Lipinski definition) is 4. The molecule has 144 valence electrons. The molecule has 0 aliphatic heterocycles. The van der Waals surface area contributed by atoms with E-state index in [4.69, 9.17) is 10.5 Å². The summed E-state index contributed by atoms with van der Waals surface area (Å²) in [5, 5.41) is 12.4. The van der Waals surface area contributed by atoms with E-state index in [0.717, 1.165) is 0 Å². The summed E-state index contributed by atoms with van der Waals surface area (Å²) in [6, 6.07) is 6.02. The van der Waals surface area contributed by atoms with E-state index in [9.17, 15) is 19.5 Å². The summed E-state index contributed by atoms with van der Waals surface area (Å²) in [4.78, 5) is 38.6. The number of amides is 2. The molecule has 0 aliphatic rings. The number of aromatic amines is 1. The Hall–Kier alpha value is -3.13. The molecule has 0 spiro atoms. The van der Waals surface area contributed by atoms with Crippen LogP contribution in [0, 0.1) is 13.8 Å². The van der Waals surface area contributed by atoms with Gasteiger partial charge < -0.3 is 25.9 Å². The first-order valence-electron chi connectivity index (χ1n) is 8.40. The molecule has 1 aromatic heterocycles. The number of aryl methyl sites for hydroxylation is 1. The number of ether oxygens (including phenoxy) is 1. The van der Waals surface area contributed by atoms with Crippen LogP contribution in [-0.2, 0) is 9.53 Å². The first kappa shape index (κ1) is 20.2. The Morgan fingerprint density at radius 3 is 2.22 bits per heavy atom. The van der Waals surface area contributed by atoms with Crippen LogP contribution in [0.4, 0.5) is 5.69 Å². The maximum atomic E-state index is 12.4. The third-order valence-corrected chi connectivity index (χ3v) is 4.21. The number of H-pyrrole nitrogens is 1. The maximum absolute atomic E-state index is 12.4. The van der Waals surface area contributed by atoms with Gasteiger partial charge in [0.2, 0.25) is 5.91 Å². The Bertz CT molecular complexity index is 868. The first-order chi connectivity index (χ1) is 12.6. The molecule has 8 heteroatoms. The van der Waals surface area contributed by atoms with Crippen LogP contribution < -0.4 is 11.1 Å². The molecule has 0 saturated heterocycles. The van der Waals surface area contributed by atoms with Crippen LogP contribution in [0.1, 0.15) is 57.6 Å². The molecule has 2 amide bonds. The van der Waals surface area contributed by atoms with Crippen molar-refractivity contribution >= 4 is 23.5 Å². The largest absolute Gasteiger partial charge is 0.448 e. The number of rotatable bonds is 6. The number of esters is 1. The van der Waals surface area contributed by atoms with Crippen LogP contribution in [-0.4, -0.2) is 34.0 Å². The van der Waals surface area contributed by atoms with Gasteiger partial charge in [-0.05, 0) is 57.5 Å². The van der Waals surface area contributed by atoms with Gasteiger partial charge in [-0.3, -0.25) is 9.59 Å². The van der Waals surface area contributed by atoms with E-state index in [-0.39, 0.29) is 5.69 Å². The summed E-state index contributed by atoms with van der Waals surface area (Å²) in [6.07, 6.45) is -1.78. The van der Waals surface area contributed by atoms with Crippen LogP contribution >= 0.6 is 0 Å². The lowest BCUT2D eigenvalue weighted by molar-refractivity contribution is -0.123. The van der Waals surface area contributed by atoms with Crippen molar-refractivity contribution in [3.05, 3.63) is 52.3 Å². The average Bonchev–Trinajstić information content (AvgIpc) is 2.89. The highest BCUT2D eigenvalue weighted by molar-refractivity contribution is 5.98. The molecule has 1 heterocycles. The van der Waals surface area contributed by atoms with Crippen molar-refractivity contribution in [2.75, 3.05) is 5.32 Å². The summed E-state index contributed by atoms with van der Waals surface area (Å²) >= 11 is 0. The minimum Gasteiger partial charge on any atom is -0.448 e. The van der Waals surface area contributed by atoms with Gasteiger partial charge >= 0.3 is 5.97 Å². The zero-order chi connectivity index (χ0) is 20.3. The van der Waals surface area contributed by atoms with E-state index >= 15 is 0 Å². The zero-order valence-electron chi connectivity index (χ0n) is 15.6. The summed E-state index contributed by atoms with van der Waals surface area (Å²) in [6.45, 7) is 6.51. The molecule has 0 saturated carbocycles. The van der Waals surface area contributed by atoms with E-state index in [1.807, 2.05) is 0 Å².